The second kappa shape index (κ2) is 5.74. The molecule has 0 saturated carbocycles. The highest BCUT2D eigenvalue weighted by atomic mass is 16.3. The van der Waals surface area contributed by atoms with Gasteiger partial charge in [0.05, 0.1) is 18.9 Å². The van der Waals surface area contributed by atoms with Crippen LogP contribution in [-0.4, -0.2) is 45.8 Å². The summed E-state index contributed by atoms with van der Waals surface area (Å²) < 4.78 is 1.76. The lowest BCUT2D eigenvalue weighted by molar-refractivity contribution is 0.0947. The van der Waals surface area contributed by atoms with Gasteiger partial charge in [-0.3, -0.25) is 4.68 Å². The molecule has 1 heterocycles. The van der Waals surface area contributed by atoms with Crippen molar-refractivity contribution in [3.05, 3.63) is 18.0 Å². The molecule has 0 bridgehead atoms. The van der Waals surface area contributed by atoms with Gasteiger partial charge in [0.2, 0.25) is 0 Å². The van der Waals surface area contributed by atoms with E-state index in [1.807, 2.05) is 19.4 Å². The predicted octanol–water partition coefficient (Wildman–Crippen LogP) is -1.09. The first-order valence-corrected chi connectivity index (χ1v) is 4.69. The SMILES string of the molecule is Cn1cc(CCNCC(O)CO)cn1. The van der Waals surface area contributed by atoms with Crippen molar-refractivity contribution in [1.82, 2.24) is 15.1 Å². The Morgan fingerprint density at radius 2 is 2.43 bits per heavy atom. The molecule has 1 rings (SSSR count). The fourth-order valence-corrected chi connectivity index (χ4v) is 1.17. The van der Waals surface area contributed by atoms with Crippen LogP contribution in [0.15, 0.2) is 12.4 Å². The first-order valence-electron chi connectivity index (χ1n) is 4.69. The standard InChI is InChI=1S/C9H17N3O2/c1-12-6-8(4-11-12)2-3-10-5-9(14)7-13/h4,6,9-10,13-14H,2-3,5,7H2,1H3. The van der Waals surface area contributed by atoms with Crippen LogP contribution in [0.5, 0.6) is 0 Å². The molecule has 5 heteroatoms. The van der Waals surface area contributed by atoms with Crippen LogP contribution in [0.25, 0.3) is 0 Å². The highest BCUT2D eigenvalue weighted by Gasteiger charge is 2.00. The van der Waals surface area contributed by atoms with Gasteiger partial charge in [0.25, 0.3) is 0 Å². The number of aliphatic hydroxyl groups excluding tert-OH is 2. The van der Waals surface area contributed by atoms with Crippen LogP contribution in [-0.2, 0) is 13.5 Å². The van der Waals surface area contributed by atoms with Crippen molar-refractivity contribution < 1.29 is 10.2 Å². The highest BCUT2D eigenvalue weighted by molar-refractivity contribution is 5.03. The van der Waals surface area contributed by atoms with Crippen molar-refractivity contribution in [3.8, 4) is 0 Å². The fourth-order valence-electron chi connectivity index (χ4n) is 1.17. The lowest BCUT2D eigenvalue weighted by Crippen LogP contribution is -2.30. The Labute approximate surface area is 83.4 Å². The third kappa shape index (κ3) is 3.87. The fraction of sp³-hybridized carbons (Fsp3) is 0.667. The topological polar surface area (TPSA) is 70.3 Å². The summed E-state index contributed by atoms with van der Waals surface area (Å²) in [5.41, 5.74) is 1.17. The van der Waals surface area contributed by atoms with Crippen LogP contribution in [0.1, 0.15) is 5.56 Å². The van der Waals surface area contributed by atoms with E-state index in [-0.39, 0.29) is 6.61 Å². The van der Waals surface area contributed by atoms with E-state index in [9.17, 15) is 0 Å². The molecule has 1 aromatic heterocycles. The number of hydrogen-bond acceptors (Lipinski definition) is 4. The van der Waals surface area contributed by atoms with E-state index in [2.05, 4.69) is 10.4 Å². The third-order valence-electron chi connectivity index (χ3n) is 1.94. The number of aromatic nitrogens is 2. The normalized spacial score (nSPS) is 13.1. The van der Waals surface area contributed by atoms with E-state index in [4.69, 9.17) is 10.2 Å². The van der Waals surface area contributed by atoms with Crippen LogP contribution < -0.4 is 5.32 Å². The lowest BCUT2D eigenvalue weighted by Gasteiger charge is -2.07. The largest absolute Gasteiger partial charge is 0.394 e. The summed E-state index contributed by atoms with van der Waals surface area (Å²) in [5.74, 6) is 0. The number of nitrogens with one attached hydrogen (secondary N) is 1. The van der Waals surface area contributed by atoms with Gasteiger partial charge in [0.1, 0.15) is 0 Å². The van der Waals surface area contributed by atoms with Gasteiger partial charge >= 0.3 is 0 Å². The van der Waals surface area contributed by atoms with Gasteiger partial charge in [0.15, 0.2) is 0 Å². The summed E-state index contributed by atoms with van der Waals surface area (Å²) in [6.45, 7) is 1.01. The first-order chi connectivity index (χ1) is 6.72. The zero-order valence-corrected chi connectivity index (χ0v) is 8.35. The van der Waals surface area contributed by atoms with E-state index in [1.165, 1.54) is 5.56 Å². The summed E-state index contributed by atoms with van der Waals surface area (Å²) in [5, 5.41) is 24.7. The van der Waals surface area contributed by atoms with Gasteiger partial charge in [-0.1, -0.05) is 0 Å². The minimum Gasteiger partial charge on any atom is -0.394 e. The minimum atomic E-state index is -0.663. The summed E-state index contributed by atoms with van der Waals surface area (Å²) in [4.78, 5) is 0. The smallest absolute Gasteiger partial charge is 0.0894 e. The molecule has 1 aromatic rings. The third-order valence-corrected chi connectivity index (χ3v) is 1.94. The Balaban J connectivity index is 2.10. The lowest BCUT2D eigenvalue weighted by atomic mass is 10.2. The maximum Gasteiger partial charge on any atom is 0.0894 e. The molecule has 80 valence electrons. The molecule has 5 nitrogen and oxygen atoms in total. The number of nitrogens with zero attached hydrogens (tertiary/aromatic N) is 2. The van der Waals surface area contributed by atoms with E-state index in [1.54, 1.807) is 4.68 Å². The molecule has 0 aliphatic carbocycles. The van der Waals surface area contributed by atoms with Crippen molar-refractivity contribution in [2.24, 2.45) is 7.05 Å². The number of hydrogen-bond donors (Lipinski definition) is 3. The van der Waals surface area contributed by atoms with Gasteiger partial charge in [-0.25, -0.2) is 0 Å². The van der Waals surface area contributed by atoms with Gasteiger partial charge in [0, 0.05) is 19.8 Å². The van der Waals surface area contributed by atoms with E-state index in [0.717, 1.165) is 13.0 Å². The summed E-state index contributed by atoms with van der Waals surface area (Å²) in [6.07, 6.45) is 4.00. The number of rotatable bonds is 6. The second-order valence-corrected chi connectivity index (χ2v) is 3.31. The molecule has 0 saturated heterocycles. The average Bonchev–Trinajstić information content (AvgIpc) is 2.58. The molecule has 0 aliphatic heterocycles. The Hall–Kier alpha value is -0.910. The molecule has 0 spiro atoms. The first kappa shape index (κ1) is 11.2. The summed E-state index contributed by atoms with van der Waals surface area (Å²) >= 11 is 0. The minimum absolute atomic E-state index is 0.195. The van der Waals surface area contributed by atoms with Gasteiger partial charge in [-0.05, 0) is 18.5 Å². The Bertz CT molecular complexity index is 262. The molecule has 1 atom stereocenters. The van der Waals surface area contributed by atoms with Crippen LogP contribution in [0.2, 0.25) is 0 Å². The zero-order chi connectivity index (χ0) is 10.4. The van der Waals surface area contributed by atoms with Crippen LogP contribution >= 0.6 is 0 Å². The molecule has 0 amide bonds. The molecule has 0 aromatic carbocycles. The Morgan fingerprint density at radius 1 is 1.64 bits per heavy atom. The predicted molar refractivity (Wildman–Crippen MR) is 52.9 cm³/mol. The maximum absolute atomic E-state index is 9.03. The highest BCUT2D eigenvalue weighted by Crippen LogP contribution is 1.95. The quantitative estimate of drug-likeness (QED) is 0.509. The van der Waals surface area contributed by atoms with Crippen LogP contribution in [0, 0.1) is 0 Å². The molecule has 3 N–H and O–H groups in total. The van der Waals surface area contributed by atoms with Crippen molar-refractivity contribution in [3.63, 3.8) is 0 Å². The summed E-state index contributed by atoms with van der Waals surface area (Å²) in [7, 11) is 1.88. The zero-order valence-electron chi connectivity index (χ0n) is 8.35. The van der Waals surface area contributed by atoms with E-state index < -0.39 is 6.10 Å². The number of aryl methyl sites for hydroxylation is 1. The Morgan fingerprint density at radius 3 is 3.00 bits per heavy atom. The average molecular weight is 199 g/mol. The molecular weight excluding hydrogens is 182 g/mol. The van der Waals surface area contributed by atoms with E-state index in [0.29, 0.717) is 6.54 Å². The van der Waals surface area contributed by atoms with Crippen LogP contribution in [0.4, 0.5) is 0 Å². The molecule has 0 fully saturated rings. The van der Waals surface area contributed by atoms with Gasteiger partial charge in [-0.15, -0.1) is 0 Å². The summed E-state index contributed by atoms with van der Waals surface area (Å²) in [6, 6.07) is 0. The molecular formula is C9H17N3O2. The molecule has 1 unspecified atom stereocenters. The van der Waals surface area contributed by atoms with Crippen molar-refractivity contribution in [1.29, 1.82) is 0 Å². The molecule has 14 heavy (non-hydrogen) atoms. The van der Waals surface area contributed by atoms with Gasteiger partial charge in [-0.2, -0.15) is 5.10 Å². The monoisotopic (exact) mass is 199 g/mol. The van der Waals surface area contributed by atoms with Crippen molar-refractivity contribution in [2.45, 2.75) is 12.5 Å². The van der Waals surface area contributed by atoms with E-state index >= 15 is 0 Å². The van der Waals surface area contributed by atoms with Crippen LogP contribution in [0.3, 0.4) is 0 Å². The van der Waals surface area contributed by atoms with Crippen molar-refractivity contribution >= 4 is 0 Å². The van der Waals surface area contributed by atoms with Gasteiger partial charge < -0.3 is 15.5 Å². The molecule has 0 radical (unpaired) electrons. The van der Waals surface area contributed by atoms with Crippen molar-refractivity contribution in [2.75, 3.05) is 19.7 Å². The molecule has 0 aliphatic rings. The second-order valence-electron chi connectivity index (χ2n) is 3.31. The maximum atomic E-state index is 9.03. The Kier molecular flexibility index (Phi) is 4.58. The number of aliphatic hydroxyl groups is 2.